The molecule has 2 heterocycles. The summed E-state index contributed by atoms with van der Waals surface area (Å²) in [4.78, 5) is 289. The maximum Gasteiger partial charge on any atom is 0.329 e. The van der Waals surface area contributed by atoms with Crippen LogP contribution in [0.15, 0.2) is 54.7 Å². The van der Waals surface area contributed by atoms with E-state index in [1.807, 2.05) is 16.0 Å². The summed E-state index contributed by atoms with van der Waals surface area (Å²) in [6.45, 7) is 3.51. The molecule has 44 nitrogen and oxygen atoms in total. The number of carboxylic acid groups (broad SMARTS) is 4. The van der Waals surface area contributed by atoms with Gasteiger partial charge in [-0.05, 0) is 75.8 Å². The summed E-state index contributed by atoms with van der Waals surface area (Å²) in [5.41, 5.74) is 23.5. The second-order valence-electron chi connectivity index (χ2n) is 28.5. The molecule has 44 heteroatoms. The van der Waals surface area contributed by atoms with Crippen LogP contribution in [-0.4, -0.2) is 242 Å². The number of unbranched alkanes of at least 4 members (excludes halogenated alkanes) is 5. The maximum atomic E-state index is 14.8. The average molecular weight is 1680 g/mol. The molecule has 1 saturated heterocycles. The molecule has 1 aliphatic rings. The third-order valence-corrected chi connectivity index (χ3v) is 18.8. The quantitative estimate of drug-likeness (QED) is 0.0111. The highest BCUT2D eigenvalue weighted by Gasteiger charge is 2.41. The largest absolute Gasteiger partial charge is 0.481 e. The van der Waals surface area contributed by atoms with E-state index < -0.39 is 268 Å². The SMILES string of the molecule is CCC(C)CCCCCCCCC(=O)NC(Cc1c[nH]c2ccccc12)C(=O)NC(CC(N)=O)C(=O)NC(CC(=O)O)C(=O)NC1C(=O)NCC(=O)NC(CCCN)C(=O)NC(CC(=O)O)C(=O)NC(C)C(=O)NC(CC(=O)O)C(=O)NCC(=O)NC(CC(N)=O)C(=O)NC(CCC(=O)O)C(=O)NC(CC(=O)c2ccccc2N)C(=O)OC1C. The van der Waals surface area contributed by atoms with Crippen LogP contribution in [0, 0.1) is 5.92 Å². The number of esters is 1. The molecular weight excluding hydrogens is 1570 g/mol. The number of carbonyl (C=O) groups excluding carboxylic acids is 17. The first kappa shape index (κ1) is 98.2. The molecule has 15 amide bonds. The van der Waals surface area contributed by atoms with Crippen LogP contribution in [0.5, 0.6) is 0 Å². The van der Waals surface area contributed by atoms with Gasteiger partial charge in [0.1, 0.15) is 72.6 Å². The molecule has 1 fully saturated rings. The number of nitrogens with one attached hydrogen (secondary N) is 14. The number of anilines is 1. The molecule has 1 aromatic heterocycles. The number of aromatic amines is 1. The summed E-state index contributed by atoms with van der Waals surface area (Å²) in [5, 5.41) is 68.2. The first-order valence-corrected chi connectivity index (χ1v) is 38.3. The molecule has 119 heavy (non-hydrogen) atoms. The number of amides is 15. The zero-order chi connectivity index (χ0) is 88.8. The van der Waals surface area contributed by atoms with E-state index in [4.69, 9.17) is 27.7 Å². The highest BCUT2D eigenvalue weighted by Crippen LogP contribution is 2.22. The Labute approximate surface area is 681 Å². The number of carboxylic acids is 4. The number of fused-ring (bicyclic) bond motifs is 1. The standard InChI is InChI=1S/C75H106N18O26/c1-5-37(2)17-10-8-6-7-9-11-23-57(97)85-47(27-40-34-80-44-21-15-13-18-41(40)44)70(113)89-49(30-56(79)96)72(115)91-52(33-63(106)107)73(116)93-64-39(4)119-75(118)53(28-54(94)42-19-12-14-20-43(42)77)92-68(111)46(24-25-60(100)101)87-71(114)48(29-55(78)95)86-59(99)35-81-66(109)50(31-61(102)103)88-65(108)38(3)83-69(112)51(32-62(104)105)90-67(110)45(22-16-26-76)84-58(98)36-82-74(64)117/h12-15,18-21,34,37-39,45-53,64,80H,5-11,16-17,22-33,35-36,76-77H2,1-4H3,(H2,78,95)(H2,79,96)(H,81,109)(H,82,117)(H,83,112)(H,84,98)(H,85,97)(H,86,99)(H,87,114)(H,88,108)(H,89,113)(H,90,110)(H,91,115)(H,92,111)(H,93,116)(H,100,101)(H,102,103)(H,104,105)(H,106,107). The number of Topliss-reactive ketones (excluding diaryl/α,β-unsaturated/α-hetero) is 1. The van der Waals surface area contributed by atoms with Crippen LogP contribution in [0.3, 0.4) is 0 Å². The van der Waals surface area contributed by atoms with Gasteiger partial charge in [-0.25, -0.2) is 4.79 Å². The van der Waals surface area contributed by atoms with Crippen molar-refractivity contribution in [2.75, 3.05) is 25.4 Å². The van der Waals surface area contributed by atoms with Crippen molar-refractivity contribution in [2.24, 2.45) is 23.1 Å². The van der Waals surface area contributed by atoms with Gasteiger partial charge in [0.25, 0.3) is 0 Å². The van der Waals surface area contributed by atoms with Crippen LogP contribution in [-0.2, 0) is 107 Å². The Morgan fingerprint density at radius 1 is 0.513 bits per heavy atom. The predicted molar refractivity (Wildman–Crippen MR) is 416 cm³/mol. The fraction of sp³-hybridized carbons (Fsp3) is 0.533. The van der Waals surface area contributed by atoms with Crippen LogP contribution >= 0.6 is 0 Å². The van der Waals surface area contributed by atoms with Gasteiger partial charge in [0.15, 0.2) is 5.78 Å². The topological polar surface area (TPSA) is 725 Å². The van der Waals surface area contributed by atoms with E-state index in [1.165, 1.54) is 24.3 Å². The summed E-state index contributed by atoms with van der Waals surface area (Å²) < 4.78 is 5.67. The van der Waals surface area contributed by atoms with Crippen LogP contribution in [0.4, 0.5) is 5.69 Å². The van der Waals surface area contributed by atoms with Gasteiger partial charge in [-0.3, -0.25) is 95.9 Å². The van der Waals surface area contributed by atoms with Crippen molar-refractivity contribution in [2.45, 2.75) is 229 Å². The second-order valence-corrected chi connectivity index (χ2v) is 28.5. The number of carbonyl (C=O) groups is 21. The van der Waals surface area contributed by atoms with Crippen molar-refractivity contribution in [1.82, 2.24) is 74.1 Å². The third kappa shape index (κ3) is 35.0. The fourth-order valence-corrected chi connectivity index (χ4v) is 12.1. The molecule has 0 aliphatic carbocycles. The first-order valence-electron chi connectivity index (χ1n) is 38.3. The Balaban J connectivity index is 1.86. The number of hydrogen-bond acceptors (Lipinski definition) is 24. The highest BCUT2D eigenvalue weighted by atomic mass is 16.5. The summed E-state index contributed by atoms with van der Waals surface area (Å²) in [5.74, 6) is -29.2. The first-order chi connectivity index (χ1) is 56.2. The zero-order valence-electron chi connectivity index (χ0n) is 66.0. The lowest BCUT2D eigenvalue weighted by molar-refractivity contribution is -0.156. The molecule has 0 saturated carbocycles. The van der Waals surface area contributed by atoms with E-state index in [1.54, 1.807) is 30.5 Å². The Hall–Kier alpha value is -13.2. The van der Waals surface area contributed by atoms with E-state index in [0.29, 0.717) is 35.2 Å². The van der Waals surface area contributed by atoms with Gasteiger partial charge in [-0.2, -0.15) is 0 Å². The third-order valence-electron chi connectivity index (χ3n) is 18.8. The van der Waals surface area contributed by atoms with Crippen molar-refractivity contribution >= 4 is 141 Å². The summed E-state index contributed by atoms with van der Waals surface area (Å²) in [7, 11) is 0. The summed E-state index contributed by atoms with van der Waals surface area (Å²) in [6.07, 6.45) is -3.32. The number of rotatable bonds is 38. The minimum Gasteiger partial charge on any atom is -0.481 e. The van der Waals surface area contributed by atoms with Crippen molar-refractivity contribution < 1.29 is 126 Å². The molecule has 26 N–H and O–H groups in total. The molecular formula is C75H106N18O26. The number of nitrogen functional groups attached to an aromatic ring is 1. The Kier molecular flexibility index (Phi) is 41.0. The fourth-order valence-electron chi connectivity index (χ4n) is 12.1. The number of cyclic esters (lactones) is 1. The van der Waals surface area contributed by atoms with Crippen molar-refractivity contribution in [3.05, 3.63) is 65.9 Å². The van der Waals surface area contributed by atoms with Crippen molar-refractivity contribution in [3.8, 4) is 0 Å². The molecule has 0 bridgehead atoms. The maximum absolute atomic E-state index is 14.8. The van der Waals surface area contributed by atoms with E-state index in [-0.39, 0.29) is 37.1 Å². The van der Waals surface area contributed by atoms with Crippen molar-refractivity contribution in [1.29, 1.82) is 0 Å². The van der Waals surface area contributed by atoms with Gasteiger partial charge in [-0.15, -0.1) is 0 Å². The minimum absolute atomic E-state index is 0.0237. The molecule has 1 aliphatic heterocycles. The number of primary amides is 2. The van der Waals surface area contributed by atoms with Gasteiger partial charge >= 0.3 is 29.8 Å². The van der Waals surface area contributed by atoms with Crippen LogP contribution in [0.1, 0.15) is 166 Å². The van der Waals surface area contributed by atoms with E-state index >= 15 is 0 Å². The van der Waals surface area contributed by atoms with E-state index in [2.05, 4.69) is 72.0 Å². The number of nitrogens with two attached hydrogens (primary N) is 4. The van der Waals surface area contributed by atoms with Gasteiger partial charge in [0.2, 0.25) is 88.6 Å². The number of aromatic nitrogens is 1. The lowest BCUT2D eigenvalue weighted by atomic mass is 9.99. The molecule has 0 spiro atoms. The van der Waals surface area contributed by atoms with Gasteiger partial charge < -0.3 is 122 Å². The van der Waals surface area contributed by atoms with Crippen molar-refractivity contribution in [3.63, 3.8) is 0 Å². The number of H-pyrrole nitrogens is 1. The van der Waals surface area contributed by atoms with E-state index in [0.717, 1.165) is 52.4 Å². The lowest BCUT2D eigenvalue weighted by Gasteiger charge is -2.29. The number of hydrogen-bond donors (Lipinski definition) is 22. The zero-order valence-corrected chi connectivity index (χ0v) is 66.0. The monoisotopic (exact) mass is 1670 g/mol. The Morgan fingerprint density at radius 3 is 1.63 bits per heavy atom. The normalized spacial score (nSPS) is 20.8. The second kappa shape index (κ2) is 49.7. The number of ether oxygens (including phenoxy) is 1. The predicted octanol–water partition coefficient (Wildman–Crippen LogP) is -4.96. The molecule has 652 valence electrons. The number of para-hydroxylation sites is 2. The Bertz CT molecular complexity index is 4190. The van der Waals surface area contributed by atoms with Crippen LogP contribution in [0.25, 0.3) is 10.9 Å². The average Bonchev–Trinajstić information content (AvgIpc) is 1.70. The van der Waals surface area contributed by atoms with Gasteiger partial charge in [0.05, 0.1) is 45.2 Å². The summed E-state index contributed by atoms with van der Waals surface area (Å²) in [6, 6.07) is -10.8. The van der Waals surface area contributed by atoms with Crippen LogP contribution < -0.4 is 92.1 Å². The van der Waals surface area contributed by atoms with E-state index in [9.17, 15) is 121 Å². The molecule has 4 rings (SSSR count). The van der Waals surface area contributed by atoms with Crippen LogP contribution in [0.2, 0.25) is 0 Å². The molecule has 0 radical (unpaired) electrons. The molecule has 3 aromatic rings. The molecule has 2 aromatic carbocycles. The van der Waals surface area contributed by atoms with Gasteiger partial charge in [-0.1, -0.05) is 89.1 Å². The summed E-state index contributed by atoms with van der Waals surface area (Å²) >= 11 is 0. The van der Waals surface area contributed by atoms with Gasteiger partial charge in [0, 0.05) is 54.0 Å². The minimum atomic E-state index is -2.46. The number of ketones is 1. The molecule has 13 atom stereocenters. The lowest BCUT2D eigenvalue weighted by Crippen LogP contribution is -2.61. The number of benzene rings is 2. The molecule has 13 unspecified atom stereocenters. The number of aliphatic carboxylic acids is 4. The highest BCUT2D eigenvalue weighted by molar-refractivity contribution is 6.05. The smallest absolute Gasteiger partial charge is 0.329 e. The Morgan fingerprint density at radius 2 is 1.03 bits per heavy atom.